The molecule has 0 N–H and O–H groups in total. The smallest absolute Gasteiger partial charge is 0.145 e. The molecular weight excluding hydrogens is 360 g/mol. The molecule has 0 fully saturated rings. The Bertz CT molecular complexity index is 1320. The number of benzene rings is 4. The van der Waals surface area contributed by atoms with Crippen LogP contribution in [0.15, 0.2) is 107 Å². The maximum atomic E-state index is 5.01. The van der Waals surface area contributed by atoms with E-state index in [0.29, 0.717) is 0 Å². The first-order valence-electron chi connectivity index (χ1n) is 9.34. The SMILES string of the molecule is c1ccc(-c2cccc3c2Sc2cccc4nc(-c5ccccc5)n-3c24)cc1. The fourth-order valence-electron chi connectivity index (χ4n) is 3.96. The molecule has 0 saturated heterocycles. The van der Waals surface area contributed by atoms with Gasteiger partial charge in [-0.1, -0.05) is 90.6 Å². The number of nitrogens with zero attached hydrogens (tertiary/aromatic N) is 2. The zero-order valence-corrected chi connectivity index (χ0v) is 15.9. The molecule has 1 aliphatic heterocycles. The van der Waals surface area contributed by atoms with Gasteiger partial charge in [0.2, 0.25) is 0 Å². The second-order valence-corrected chi connectivity index (χ2v) is 7.93. The highest BCUT2D eigenvalue weighted by molar-refractivity contribution is 8.00. The molecular formula is C25H16N2S. The number of para-hydroxylation sites is 1. The van der Waals surface area contributed by atoms with Crippen molar-refractivity contribution in [3.63, 3.8) is 0 Å². The van der Waals surface area contributed by atoms with Crippen molar-refractivity contribution < 1.29 is 0 Å². The van der Waals surface area contributed by atoms with E-state index < -0.39 is 0 Å². The summed E-state index contributed by atoms with van der Waals surface area (Å²) < 4.78 is 2.33. The van der Waals surface area contributed by atoms with E-state index in [0.717, 1.165) is 16.9 Å². The van der Waals surface area contributed by atoms with Crippen molar-refractivity contribution in [3.8, 4) is 28.2 Å². The van der Waals surface area contributed by atoms with Gasteiger partial charge < -0.3 is 0 Å². The van der Waals surface area contributed by atoms with Crippen LogP contribution in [0.25, 0.3) is 39.2 Å². The Morgan fingerprint density at radius 2 is 1.36 bits per heavy atom. The predicted octanol–water partition coefficient (Wildman–Crippen LogP) is 6.82. The van der Waals surface area contributed by atoms with Crippen molar-refractivity contribution >= 4 is 22.8 Å². The molecule has 0 spiro atoms. The highest BCUT2D eigenvalue weighted by Crippen LogP contribution is 2.48. The van der Waals surface area contributed by atoms with Crippen molar-refractivity contribution in [1.82, 2.24) is 9.55 Å². The van der Waals surface area contributed by atoms with E-state index >= 15 is 0 Å². The number of hydrogen-bond acceptors (Lipinski definition) is 2. The lowest BCUT2D eigenvalue weighted by Crippen LogP contribution is -2.04. The lowest BCUT2D eigenvalue weighted by molar-refractivity contribution is 1.04. The topological polar surface area (TPSA) is 17.8 Å². The van der Waals surface area contributed by atoms with Crippen molar-refractivity contribution in [3.05, 3.63) is 97.1 Å². The van der Waals surface area contributed by atoms with E-state index in [9.17, 15) is 0 Å². The normalized spacial score (nSPS) is 12.1. The third-order valence-electron chi connectivity index (χ3n) is 5.20. The first-order chi connectivity index (χ1) is 13.9. The van der Waals surface area contributed by atoms with Crippen LogP contribution >= 0.6 is 11.8 Å². The van der Waals surface area contributed by atoms with Gasteiger partial charge in [-0.15, -0.1) is 0 Å². The molecule has 132 valence electrons. The molecule has 0 aliphatic carbocycles. The van der Waals surface area contributed by atoms with Gasteiger partial charge in [0.05, 0.1) is 16.7 Å². The van der Waals surface area contributed by atoms with Crippen LogP contribution in [0.5, 0.6) is 0 Å². The molecule has 1 aromatic heterocycles. The largest absolute Gasteiger partial charge is 0.290 e. The minimum Gasteiger partial charge on any atom is -0.290 e. The van der Waals surface area contributed by atoms with Crippen LogP contribution in [0.4, 0.5) is 0 Å². The molecule has 2 heterocycles. The summed E-state index contributed by atoms with van der Waals surface area (Å²) in [6, 6.07) is 34.0. The Labute approximate surface area is 167 Å². The second kappa shape index (κ2) is 6.11. The van der Waals surface area contributed by atoms with Gasteiger partial charge in [0.1, 0.15) is 5.82 Å². The van der Waals surface area contributed by atoms with Crippen molar-refractivity contribution in [2.75, 3.05) is 0 Å². The average Bonchev–Trinajstić information content (AvgIpc) is 3.16. The average molecular weight is 376 g/mol. The number of fused-ring (bicyclic) bond motifs is 2. The summed E-state index contributed by atoms with van der Waals surface area (Å²) in [5.41, 5.74) is 7.07. The minimum atomic E-state index is 0.995. The van der Waals surface area contributed by atoms with Crippen molar-refractivity contribution in [2.24, 2.45) is 0 Å². The van der Waals surface area contributed by atoms with E-state index in [4.69, 9.17) is 4.98 Å². The number of imidazole rings is 1. The number of rotatable bonds is 2. The monoisotopic (exact) mass is 376 g/mol. The predicted molar refractivity (Wildman–Crippen MR) is 116 cm³/mol. The lowest BCUT2D eigenvalue weighted by atomic mass is 10.0. The lowest BCUT2D eigenvalue weighted by Gasteiger charge is -2.22. The van der Waals surface area contributed by atoms with Gasteiger partial charge in [-0.3, -0.25) is 4.57 Å². The molecule has 2 nitrogen and oxygen atoms in total. The van der Waals surface area contributed by atoms with Gasteiger partial charge in [-0.2, -0.15) is 0 Å². The van der Waals surface area contributed by atoms with E-state index in [1.54, 1.807) is 0 Å². The Hall–Kier alpha value is -3.30. The number of hydrogen-bond donors (Lipinski definition) is 0. The molecule has 4 aromatic carbocycles. The van der Waals surface area contributed by atoms with Gasteiger partial charge >= 0.3 is 0 Å². The molecule has 6 rings (SSSR count). The zero-order valence-electron chi connectivity index (χ0n) is 15.0. The fourth-order valence-corrected chi connectivity index (χ4v) is 5.18. The molecule has 0 radical (unpaired) electrons. The highest BCUT2D eigenvalue weighted by atomic mass is 32.2. The Kier molecular flexibility index (Phi) is 3.43. The maximum Gasteiger partial charge on any atom is 0.145 e. The minimum absolute atomic E-state index is 0.995. The fraction of sp³-hybridized carbons (Fsp3) is 0. The van der Waals surface area contributed by atoms with Gasteiger partial charge in [0.15, 0.2) is 0 Å². The summed E-state index contributed by atoms with van der Waals surface area (Å²) in [5.74, 6) is 0.995. The molecule has 5 aromatic rings. The van der Waals surface area contributed by atoms with Crippen molar-refractivity contribution in [2.45, 2.75) is 9.79 Å². The first-order valence-corrected chi connectivity index (χ1v) is 10.2. The standard InChI is InChI=1S/C25H16N2S/c1-3-9-17(10-4-1)19-13-7-15-21-24(19)28-22-16-8-14-20-23(22)27(21)25(26-20)18-11-5-2-6-12-18/h1-16H. The maximum absolute atomic E-state index is 5.01. The van der Waals surface area contributed by atoms with Crippen LogP contribution in [0, 0.1) is 0 Å². The second-order valence-electron chi connectivity index (χ2n) is 6.88. The molecule has 0 saturated carbocycles. The quantitative estimate of drug-likeness (QED) is 0.330. The summed E-state index contributed by atoms with van der Waals surface area (Å²) in [6.45, 7) is 0. The molecule has 0 atom stereocenters. The molecule has 0 unspecified atom stereocenters. The molecule has 3 heteroatoms. The number of aromatic nitrogens is 2. The highest BCUT2D eigenvalue weighted by Gasteiger charge is 2.25. The van der Waals surface area contributed by atoms with Crippen molar-refractivity contribution in [1.29, 1.82) is 0 Å². The van der Waals surface area contributed by atoms with E-state index in [2.05, 4.69) is 95.6 Å². The van der Waals surface area contributed by atoms with E-state index in [1.165, 1.54) is 32.1 Å². The van der Waals surface area contributed by atoms with Gasteiger partial charge in [0, 0.05) is 15.4 Å². The summed E-state index contributed by atoms with van der Waals surface area (Å²) in [6.07, 6.45) is 0. The first kappa shape index (κ1) is 15.7. The molecule has 0 amide bonds. The van der Waals surface area contributed by atoms with Gasteiger partial charge in [-0.25, -0.2) is 4.98 Å². The van der Waals surface area contributed by atoms with Crippen LogP contribution in [-0.4, -0.2) is 9.55 Å². The van der Waals surface area contributed by atoms with Gasteiger partial charge in [0.25, 0.3) is 0 Å². The summed E-state index contributed by atoms with van der Waals surface area (Å²) in [4.78, 5) is 7.54. The summed E-state index contributed by atoms with van der Waals surface area (Å²) >= 11 is 1.84. The Morgan fingerprint density at radius 1 is 0.643 bits per heavy atom. The zero-order chi connectivity index (χ0) is 18.5. The van der Waals surface area contributed by atoms with E-state index in [1.807, 2.05) is 17.8 Å². The third kappa shape index (κ3) is 2.26. The Balaban J connectivity index is 1.70. The molecule has 0 bridgehead atoms. The van der Waals surface area contributed by atoms with Crippen LogP contribution in [0.1, 0.15) is 0 Å². The van der Waals surface area contributed by atoms with Crippen LogP contribution in [0.2, 0.25) is 0 Å². The summed E-state index contributed by atoms with van der Waals surface area (Å²) in [7, 11) is 0. The molecule has 28 heavy (non-hydrogen) atoms. The third-order valence-corrected chi connectivity index (χ3v) is 6.39. The molecule has 1 aliphatic rings. The van der Waals surface area contributed by atoms with Crippen LogP contribution < -0.4 is 0 Å². The Morgan fingerprint density at radius 3 is 2.14 bits per heavy atom. The van der Waals surface area contributed by atoms with Crippen LogP contribution in [0.3, 0.4) is 0 Å². The van der Waals surface area contributed by atoms with E-state index in [-0.39, 0.29) is 0 Å². The van der Waals surface area contributed by atoms with Crippen LogP contribution in [-0.2, 0) is 0 Å². The van der Waals surface area contributed by atoms with Gasteiger partial charge in [-0.05, 0) is 29.3 Å². The summed E-state index contributed by atoms with van der Waals surface area (Å²) in [5, 5.41) is 0.